The predicted octanol–water partition coefficient (Wildman–Crippen LogP) is 5.37. The van der Waals surface area contributed by atoms with Crippen molar-refractivity contribution >= 4 is 35.0 Å². The summed E-state index contributed by atoms with van der Waals surface area (Å²) in [5, 5.41) is 12.8. The van der Waals surface area contributed by atoms with Crippen molar-refractivity contribution in [2.24, 2.45) is 0 Å². The highest BCUT2D eigenvalue weighted by atomic mass is 32.2. The fourth-order valence-electron chi connectivity index (χ4n) is 3.81. The van der Waals surface area contributed by atoms with Crippen LogP contribution in [-0.4, -0.2) is 17.1 Å². The van der Waals surface area contributed by atoms with Gasteiger partial charge in [-0.05, 0) is 49.1 Å². The maximum absolute atomic E-state index is 13.5. The first-order valence-corrected chi connectivity index (χ1v) is 11.5. The molecular formula is C27H23N3O2S. The van der Waals surface area contributed by atoms with Gasteiger partial charge in [-0.25, -0.2) is 0 Å². The van der Waals surface area contributed by atoms with Crippen LogP contribution < -0.4 is 10.2 Å². The molecule has 1 atom stereocenters. The lowest BCUT2D eigenvalue weighted by Crippen LogP contribution is -2.31. The average molecular weight is 454 g/mol. The van der Waals surface area contributed by atoms with Gasteiger partial charge in [0.15, 0.2) is 0 Å². The van der Waals surface area contributed by atoms with Gasteiger partial charge in [-0.3, -0.25) is 14.5 Å². The fourth-order valence-corrected chi connectivity index (χ4v) is 5.12. The Labute approximate surface area is 197 Å². The fraction of sp³-hybridized carbons (Fsp3) is 0.148. The second-order valence-electron chi connectivity index (χ2n) is 7.82. The average Bonchev–Trinajstić information content (AvgIpc) is 3.13. The van der Waals surface area contributed by atoms with Gasteiger partial charge in [0, 0.05) is 11.4 Å². The predicted molar refractivity (Wildman–Crippen MR) is 133 cm³/mol. The van der Waals surface area contributed by atoms with E-state index in [0.717, 1.165) is 16.7 Å². The van der Waals surface area contributed by atoms with Crippen LogP contribution in [0.15, 0.2) is 89.5 Å². The van der Waals surface area contributed by atoms with Crippen molar-refractivity contribution in [1.82, 2.24) is 0 Å². The molecule has 1 saturated heterocycles. The summed E-state index contributed by atoms with van der Waals surface area (Å²) in [5.74, 6) is -0.663. The summed E-state index contributed by atoms with van der Waals surface area (Å²) in [6.45, 7) is 3.81. The number of anilines is 2. The topological polar surface area (TPSA) is 73.2 Å². The number of carbonyl (C=O) groups excluding carboxylic acids is 2. The van der Waals surface area contributed by atoms with Crippen LogP contribution in [0.5, 0.6) is 0 Å². The first kappa shape index (κ1) is 22.4. The number of amides is 2. The number of aryl methyl sites for hydroxylation is 2. The standard InChI is InChI=1S/C27H23N3O2S/c1-18-10-9-11-19(2)24(18)29-25(31)22(17-28)27-30(21-14-7-4-8-15-21)26(32)23(33-27)16-20-12-5-3-6-13-20/h3-15,23H,16H2,1-2H3,(H,29,31)/b27-22-/t23-/m1/s1. The Balaban J connectivity index is 1.74. The minimum absolute atomic E-state index is 0.0737. The lowest BCUT2D eigenvalue weighted by molar-refractivity contribution is -0.117. The lowest BCUT2D eigenvalue weighted by Gasteiger charge is -2.19. The van der Waals surface area contributed by atoms with Crippen LogP contribution in [0.25, 0.3) is 0 Å². The van der Waals surface area contributed by atoms with Crippen molar-refractivity contribution in [3.8, 4) is 6.07 Å². The number of hydrogen-bond donors (Lipinski definition) is 1. The second kappa shape index (κ2) is 9.76. The molecule has 5 nitrogen and oxygen atoms in total. The third-order valence-electron chi connectivity index (χ3n) is 5.50. The highest BCUT2D eigenvalue weighted by molar-refractivity contribution is 8.05. The summed E-state index contributed by atoms with van der Waals surface area (Å²) in [7, 11) is 0. The van der Waals surface area contributed by atoms with Gasteiger partial charge in [-0.2, -0.15) is 5.26 Å². The van der Waals surface area contributed by atoms with Gasteiger partial charge in [0.25, 0.3) is 5.91 Å². The van der Waals surface area contributed by atoms with Crippen LogP contribution >= 0.6 is 11.8 Å². The smallest absolute Gasteiger partial charge is 0.269 e. The third-order valence-corrected chi connectivity index (χ3v) is 6.77. The Kier molecular flexibility index (Phi) is 6.62. The van der Waals surface area contributed by atoms with E-state index in [1.807, 2.05) is 92.7 Å². The Morgan fingerprint density at radius 2 is 1.58 bits per heavy atom. The van der Waals surface area contributed by atoms with Gasteiger partial charge in [-0.15, -0.1) is 0 Å². The molecule has 0 bridgehead atoms. The summed E-state index contributed by atoms with van der Waals surface area (Å²) in [6, 6.07) is 26.7. The number of nitriles is 1. The van der Waals surface area contributed by atoms with E-state index >= 15 is 0 Å². The number of hydrogen-bond acceptors (Lipinski definition) is 4. The van der Waals surface area contributed by atoms with Crippen LogP contribution in [0.1, 0.15) is 16.7 Å². The normalized spacial score (nSPS) is 16.9. The quantitative estimate of drug-likeness (QED) is 0.416. The SMILES string of the molecule is Cc1cccc(C)c1NC(=O)/C(C#N)=C1\S[C@H](Cc2ccccc2)C(=O)N1c1ccccc1. The summed E-state index contributed by atoms with van der Waals surface area (Å²) >= 11 is 1.27. The first-order chi connectivity index (χ1) is 16.0. The molecule has 1 aliphatic heterocycles. The molecule has 0 saturated carbocycles. The van der Waals surface area contributed by atoms with E-state index in [9.17, 15) is 14.9 Å². The minimum atomic E-state index is -0.522. The Morgan fingerprint density at radius 3 is 2.18 bits per heavy atom. The molecule has 1 fully saturated rings. The summed E-state index contributed by atoms with van der Waals surface area (Å²) in [6.07, 6.45) is 0.508. The molecular weight excluding hydrogens is 430 g/mol. The van der Waals surface area contributed by atoms with Crippen LogP contribution in [-0.2, 0) is 16.0 Å². The third kappa shape index (κ3) is 4.69. The van der Waals surface area contributed by atoms with Gasteiger partial charge in [-0.1, -0.05) is 78.5 Å². The molecule has 3 aromatic carbocycles. The van der Waals surface area contributed by atoms with E-state index in [2.05, 4.69) is 11.4 Å². The molecule has 33 heavy (non-hydrogen) atoms. The van der Waals surface area contributed by atoms with Gasteiger partial charge in [0.2, 0.25) is 5.91 Å². The largest absolute Gasteiger partial charge is 0.321 e. The van der Waals surface area contributed by atoms with Crippen LogP contribution in [0.2, 0.25) is 0 Å². The summed E-state index contributed by atoms with van der Waals surface area (Å²) in [4.78, 5) is 28.2. The number of thioether (sulfide) groups is 1. The second-order valence-corrected chi connectivity index (χ2v) is 9.01. The van der Waals surface area contributed by atoms with E-state index in [1.165, 1.54) is 16.7 Å². The molecule has 4 rings (SSSR count). The molecule has 1 heterocycles. The molecule has 0 aliphatic carbocycles. The molecule has 1 N–H and O–H groups in total. The van der Waals surface area contributed by atoms with E-state index in [4.69, 9.17) is 0 Å². The van der Waals surface area contributed by atoms with Crippen molar-refractivity contribution in [2.45, 2.75) is 25.5 Å². The van der Waals surface area contributed by atoms with E-state index < -0.39 is 11.2 Å². The monoisotopic (exact) mass is 453 g/mol. The molecule has 0 spiro atoms. The van der Waals surface area contributed by atoms with Gasteiger partial charge in [0.1, 0.15) is 16.7 Å². The van der Waals surface area contributed by atoms with E-state index in [0.29, 0.717) is 22.8 Å². The van der Waals surface area contributed by atoms with Crippen molar-refractivity contribution < 1.29 is 9.59 Å². The van der Waals surface area contributed by atoms with Crippen LogP contribution in [0.3, 0.4) is 0 Å². The summed E-state index contributed by atoms with van der Waals surface area (Å²) in [5.41, 5.74) is 4.07. The lowest BCUT2D eigenvalue weighted by atomic mass is 10.1. The molecule has 6 heteroatoms. The highest BCUT2D eigenvalue weighted by Crippen LogP contribution is 2.42. The van der Waals surface area contributed by atoms with Gasteiger partial charge >= 0.3 is 0 Å². The molecule has 164 valence electrons. The summed E-state index contributed by atoms with van der Waals surface area (Å²) < 4.78 is 0. The molecule has 0 aromatic heterocycles. The number of rotatable bonds is 5. The molecule has 1 aliphatic rings. The number of nitrogens with one attached hydrogen (secondary N) is 1. The maximum atomic E-state index is 13.5. The van der Waals surface area contributed by atoms with Crippen LogP contribution in [0.4, 0.5) is 11.4 Å². The Bertz CT molecular complexity index is 1240. The van der Waals surface area contributed by atoms with Gasteiger partial charge in [0.05, 0.1) is 5.25 Å². The zero-order valence-electron chi connectivity index (χ0n) is 18.4. The maximum Gasteiger partial charge on any atom is 0.269 e. The van der Waals surface area contributed by atoms with Crippen molar-refractivity contribution in [1.29, 1.82) is 5.26 Å². The van der Waals surface area contributed by atoms with E-state index in [-0.39, 0.29) is 11.5 Å². The minimum Gasteiger partial charge on any atom is -0.321 e. The highest BCUT2D eigenvalue weighted by Gasteiger charge is 2.40. The molecule has 0 radical (unpaired) electrons. The molecule has 2 amide bonds. The van der Waals surface area contributed by atoms with Crippen molar-refractivity contribution in [3.05, 3.63) is 106 Å². The van der Waals surface area contributed by atoms with Crippen LogP contribution in [0, 0.1) is 25.2 Å². The first-order valence-electron chi connectivity index (χ1n) is 10.6. The zero-order chi connectivity index (χ0) is 23.4. The van der Waals surface area contributed by atoms with Gasteiger partial charge < -0.3 is 5.32 Å². The van der Waals surface area contributed by atoms with Crippen molar-refractivity contribution in [3.63, 3.8) is 0 Å². The number of carbonyl (C=O) groups is 2. The molecule has 0 unspecified atom stereocenters. The number of benzene rings is 3. The zero-order valence-corrected chi connectivity index (χ0v) is 19.2. The van der Waals surface area contributed by atoms with Crippen molar-refractivity contribution in [2.75, 3.05) is 10.2 Å². The number of para-hydroxylation sites is 2. The molecule has 3 aromatic rings. The van der Waals surface area contributed by atoms with E-state index in [1.54, 1.807) is 0 Å². The number of nitrogens with zero attached hydrogens (tertiary/aromatic N) is 2. The Hall–Kier alpha value is -3.82. The Morgan fingerprint density at radius 1 is 0.970 bits per heavy atom.